The average molecular weight is 395 g/mol. The monoisotopic (exact) mass is 395 g/mol. The van der Waals surface area contributed by atoms with E-state index in [2.05, 4.69) is 4.98 Å². The van der Waals surface area contributed by atoms with Gasteiger partial charge < -0.3 is 4.90 Å². The van der Waals surface area contributed by atoms with Crippen molar-refractivity contribution in [2.24, 2.45) is 0 Å². The van der Waals surface area contributed by atoms with Gasteiger partial charge in [-0.1, -0.05) is 6.92 Å². The molecule has 0 N–H and O–H groups in total. The number of aryl methyl sites for hydroxylation is 2. The maximum Gasteiger partial charge on any atom is 0.438 e. The van der Waals surface area contributed by atoms with E-state index in [1.54, 1.807) is 24.8 Å². The predicted molar refractivity (Wildman–Crippen MR) is 100 cm³/mol. The van der Waals surface area contributed by atoms with Crippen molar-refractivity contribution in [3.8, 4) is 0 Å². The fraction of sp³-hybridized carbons (Fsp3) is 0.550. The van der Waals surface area contributed by atoms with Gasteiger partial charge in [0.15, 0.2) is 0 Å². The van der Waals surface area contributed by atoms with Gasteiger partial charge in [-0.3, -0.25) is 14.2 Å². The zero-order valence-corrected chi connectivity index (χ0v) is 16.3. The molecule has 5 nitrogen and oxygen atoms in total. The van der Waals surface area contributed by atoms with Gasteiger partial charge >= 0.3 is 6.18 Å². The summed E-state index contributed by atoms with van der Waals surface area (Å²) < 4.78 is 41.1. The molecular formula is C20H24F3N3O2. The van der Waals surface area contributed by atoms with Gasteiger partial charge in [-0.05, 0) is 62.8 Å². The van der Waals surface area contributed by atoms with Crippen molar-refractivity contribution in [3.63, 3.8) is 0 Å². The standard InChI is InChI=1S/C20H24F3N3O2/c1-4-14-7-5-6-8-25(14)17(27)11-26-16-10-13(3)12(2)9-15(16)24-18(19(26)28)20(21,22)23/h9-10,14H,4-8,11H2,1-3H3. The molecule has 0 bridgehead atoms. The van der Waals surface area contributed by atoms with Crippen molar-refractivity contribution in [2.45, 2.75) is 65.2 Å². The SMILES string of the molecule is CCC1CCCCN1C(=O)Cn1c(=O)c(C(F)(F)F)nc2cc(C)c(C)cc21. The highest BCUT2D eigenvalue weighted by Gasteiger charge is 2.38. The lowest BCUT2D eigenvalue weighted by atomic mass is 10.00. The number of halogens is 3. The largest absolute Gasteiger partial charge is 0.438 e. The Hall–Kier alpha value is -2.38. The van der Waals surface area contributed by atoms with E-state index in [4.69, 9.17) is 0 Å². The third kappa shape index (κ3) is 3.77. The Morgan fingerprint density at radius 3 is 2.54 bits per heavy atom. The number of carbonyl (C=O) groups excluding carboxylic acids is 1. The third-order valence-electron chi connectivity index (χ3n) is 5.54. The van der Waals surface area contributed by atoms with E-state index in [1.165, 1.54) is 6.07 Å². The van der Waals surface area contributed by atoms with E-state index in [0.29, 0.717) is 6.54 Å². The Balaban J connectivity index is 2.13. The van der Waals surface area contributed by atoms with E-state index in [-0.39, 0.29) is 23.0 Å². The quantitative estimate of drug-likeness (QED) is 0.794. The number of nitrogens with zero attached hydrogens (tertiary/aromatic N) is 3. The van der Waals surface area contributed by atoms with Gasteiger partial charge in [0.25, 0.3) is 5.56 Å². The number of fused-ring (bicyclic) bond motifs is 1. The number of alkyl halides is 3. The third-order valence-corrected chi connectivity index (χ3v) is 5.54. The molecule has 1 atom stereocenters. The number of hydrogen-bond donors (Lipinski definition) is 0. The lowest BCUT2D eigenvalue weighted by molar-refractivity contribution is -0.143. The van der Waals surface area contributed by atoms with Gasteiger partial charge in [-0.15, -0.1) is 0 Å². The van der Waals surface area contributed by atoms with E-state index >= 15 is 0 Å². The number of piperidine rings is 1. The minimum atomic E-state index is -4.88. The molecule has 0 saturated carbocycles. The summed E-state index contributed by atoms with van der Waals surface area (Å²) in [5.74, 6) is -0.326. The highest BCUT2D eigenvalue weighted by Crippen LogP contribution is 2.27. The van der Waals surface area contributed by atoms with Crippen LogP contribution in [0, 0.1) is 13.8 Å². The zero-order valence-electron chi connectivity index (χ0n) is 16.3. The summed E-state index contributed by atoms with van der Waals surface area (Å²) in [5, 5.41) is 0. The second-order valence-electron chi connectivity index (χ2n) is 7.42. The summed E-state index contributed by atoms with van der Waals surface area (Å²) in [7, 11) is 0. The minimum absolute atomic E-state index is 0.0634. The highest BCUT2D eigenvalue weighted by molar-refractivity contribution is 5.81. The van der Waals surface area contributed by atoms with Crippen LogP contribution in [0.5, 0.6) is 0 Å². The van der Waals surface area contributed by atoms with Crippen LogP contribution >= 0.6 is 0 Å². The number of carbonyl (C=O) groups is 1. The lowest BCUT2D eigenvalue weighted by Crippen LogP contribution is -2.46. The van der Waals surface area contributed by atoms with E-state index < -0.39 is 24.0 Å². The molecule has 2 heterocycles. The van der Waals surface area contributed by atoms with Crippen LogP contribution in [0.25, 0.3) is 11.0 Å². The molecule has 0 radical (unpaired) electrons. The van der Waals surface area contributed by atoms with Gasteiger partial charge in [0.05, 0.1) is 11.0 Å². The summed E-state index contributed by atoms with van der Waals surface area (Å²) in [6, 6.07) is 3.21. The van der Waals surface area contributed by atoms with E-state index in [1.807, 2.05) is 6.92 Å². The second kappa shape index (κ2) is 7.56. The summed E-state index contributed by atoms with van der Waals surface area (Å²) in [5.41, 5.74) is -0.859. The Kier molecular flexibility index (Phi) is 5.50. The highest BCUT2D eigenvalue weighted by atomic mass is 19.4. The first-order valence-electron chi connectivity index (χ1n) is 9.52. The molecule has 1 unspecified atom stereocenters. The number of likely N-dealkylation sites (tertiary alicyclic amines) is 1. The fourth-order valence-electron chi connectivity index (χ4n) is 3.82. The molecule has 2 aromatic rings. The number of aromatic nitrogens is 2. The minimum Gasteiger partial charge on any atom is -0.338 e. The van der Waals surface area contributed by atoms with Crippen LogP contribution in [0.1, 0.15) is 49.4 Å². The van der Waals surface area contributed by atoms with Crippen LogP contribution in [0.15, 0.2) is 16.9 Å². The summed E-state index contributed by atoms with van der Waals surface area (Å²) in [6.07, 6.45) is -1.34. The first-order valence-corrected chi connectivity index (χ1v) is 9.52. The molecule has 0 aliphatic carbocycles. The molecule has 8 heteroatoms. The molecule has 1 saturated heterocycles. The maximum absolute atomic E-state index is 13.4. The number of benzene rings is 1. The van der Waals surface area contributed by atoms with Crippen molar-refractivity contribution in [2.75, 3.05) is 6.54 Å². The van der Waals surface area contributed by atoms with Crippen molar-refractivity contribution in [1.82, 2.24) is 14.5 Å². The van der Waals surface area contributed by atoms with Gasteiger partial charge in [0.1, 0.15) is 6.54 Å². The molecular weight excluding hydrogens is 371 g/mol. The van der Waals surface area contributed by atoms with E-state index in [0.717, 1.165) is 41.4 Å². The Morgan fingerprint density at radius 2 is 1.89 bits per heavy atom. The van der Waals surface area contributed by atoms with Crippen LogP contribution in [-0.2, 0) is 17.5 Å². The topological polar surface area (TPSA) is 55.2 Å². The van der Waals surface area contributed by atoms with Gasteiger partial charge in [-0.2, -0.15) is 13.2 Å². The first kappa shape index (κ1) is 20.4. The van der Waals surface area contributed by atoms with Gasteiger partial charge in [0, 0.05) is 12.6 Å². The van der Waals surface area contributed by atoms with Crippen LogP contribution < -0.4 is 5.56 Å². The van der Waals surface area contributed by atoms with Crippen LogP contribution in [-0.4, -0.2) is 32.9 Å². The number of hydrogen-bond acceptors (Lipinski definition) is 3. The molecule has 1 aromatic heterocycles. The molecule has 3 rings (SSSR count). The Morgan fingerprint density at radius 1 is 1.21 bits per heavy atom. The van der Waals surface area contributed by atoms with Crippen LogP contribution in [0.2, 0.25) is 0 Å². The Labute approximate surface area is 161 Å². The lowest BCUT2D eigenvalue weighted by Gasteiger charge is -2.35. The van der Waals surface area contributed by atoms with E-state index in [9.17, 15) is 22.8 Å². The molecule has 1 fully saturated rings. The zero-order chi connectivity index (χ0) is 20.6. The van der Waals surface area contributed by atoms with Gasteiger partial charge in [-0.25, -0.2) is 4.98 Å². The van der Waals surface area contributed by atoms with Crippen molar-refractivity contribution < 1.29 is 18.0 Å². The average Bonchev–Trinajstić information content (AvgIpc) is 2.64. The molecule has 0 spiro atoms. The molecule has 1 aliphatic heterocycles. The van der Waals surface area contributed by atoms with Crippen molar-refractivity contribution >= 4 is 16.9 Å². The summed E-state index contributed by atoms with van der Waals surface area (Å²) in [4.78, 5) is 30.8. The number of amides is 1. The van der Waals surface area contributed by atoms with Gasteiger partial charge in [0.2, 0.25) is 11.6 Å². The predicted octanol–water partition coefficient (Wildman–Crippen LogP) is 3.82. The van der Waals surface area contributed by atoms with Crippen LogP contribution in [0.3, 0.4) is 0 Å². The fourth-order valence-corrected chi connectivity index (χ4v) is 3.82. The molecule has 1 amide bonds. The summed E-state index contributed by atoms with van der Waals surface area (Å²) >= 11 is 0. The first-order chi connectivity index (χ1) is 13.1. The van der Waals surface area contributed by atoms with Crippen molar-refractivity contribution in [1.29, 1.82) is 0 Å². The maximum atomic E-state index is 13.4. The smallest absolute Gasteiger partial charge is 0.338 e. The molecule has 1 aliphatic rings. The normalized spacial score (nSPS) is 17.9. The Bertz CT molecular complexity index is 966. The molecule has 28 heavy (non-hydrogen) atoms. The summed E-state index contributed by atoms with van der Waals surface area (Å²) in [6.45, 7) is 5.71. The van der Waals surface area contributed by atoms with Crippen LogP contribution in [0.4, 0.5) is 13.2 Å². The molecule has 152 valence electrons. The second-order valence-corrected chi connectivity index (χ2v) is 7.42. The van der Waals surface area contributed by atoms with Crippen molar-refractivity contribution in [3.05, 3.63) is 39.3 Å². The number of rotatable bonds is 3. The molecule has 1 aromatic carbocycles.